The number of rotatable bonds is 5. The molecule has 0 saturated carbocycles. The standard InChI is InChI=1S/C15H16N4O/c1-2-6-19-15(16-11-17-19)9-18-7-5-13-8-12(10-20)3-4-14(13)18/h3-5,7-8,10-11H,2,6,9H2,1H3. The van der Waals surface area contributed by atoms with Gasteiger partial charge in [-0.15, -0.1) is 0 Å². The van der Waals surface area contributed by atoms with Crippen LogP contribution in [0.25, 0.3) is 10.9 Å². The maximum Gasteiger partial charge on any atom is 0.150 e. The van der Waals surface area contributed by atoms with Crippen LogP contribution < -0.4 is 0 Å². The zero-order valence-electron chi connectivity index (χ0n) is 11.4. The molecule has 3 aromatic rings. The SMILES string of the molecule is CCCn1ncnc1Cn1ccc2cc(C=O)ccc21. The lowest BCUT2D eigenvalue weighted by molar-refractivity contribution is 0.112. The number of carbonyl (C=O) groups is 1. The molecule has 0 atom stereocenters. The molecule has 5 nitrogen and oxygen atoms in total. The maximum absolute atomic E-state index is 10.8. The average molecular weight is 268 g/mol. The summed E-state index contributed by atoms with van der Waals surface area (Å²) in [7, 11) is 0. The molecule has 2 heterocycles. The van der Waals surface area contributed by atoms with Gasteiger partial charge in [-0.05, 0) is 30.7 Å². The molecule has 0 aliphatic heterocycles. The smallest absolute Gasteiger partial charge is 0.150 e. The highest BCUT2D eigenvalue weighted by Crippen LogP contribution is 2.18. The molecule has 0 radical (unpaired) electrons. The molecule has 0 N–H and O–H groups in total. The van der Waals surface area contributed by atoms with Gasteiger partial charge in [0.2, 0.25) is 0 Å². The number of aldehydes is 1. The van der Waals surface area contributed by atoms with Crippen LogP contribution in [0.3, 0.4) is 0 Å². The molecule has 5 heteroatoms. The van der Waals surface area contributed by atoms with E-state index in [2.05, 4.69) is 21.6 Å². The molecule has 2 aromatic heterocycles. The van der Waals surface area contributed by atoms with E-state index < -0.39 is 0 Å². The van der Waals surface area contributed by atoms with E-state index in [9.17, 15) is 4.79 Å². The quantitative estimate of drug-likeness (QED) is 0.668. The number of nitrogens with zero attached hydrogens (tertiary/aromatic N) is 4. The fraction of sp³-hybridized carbons (Fsp3) is 0.267. The Kier molecular flexibility index (Phi) is 3.33. The lowest BCUT2D eigenvalue weighted by Crippen LogP contribution is -2.09. The van der Waals surface area contributed by atoms with Gasteiger partial charge in [-0.25, -0.2) is 9.67 Å². The first-order valence-corrected chi connectivity index (χ1v) is 6.72. The van der Waals surface area contributed by atoms with Crippen LogP contribution in [-0.4, -0.2) is 25.6 Å². The minimum absolute atomic E-state index is 0.684. The summed E-state index contributed by atoms with van der Waals surface area (Å²) < 4.78 is 4.06. The summed E-state index contributed by atoms with van der Waals surface area (Å²) in [5.41, 5.74) is 1.80. The number of hydrogen-bond acceptors (Lipinski definition) is 3. The number of benzene rings is 1. The summed E-state index contributed by atoms with van der Waals surface area (Å²) in [5.74, 6) is 0.948. The van der Waals surface area contributed by atoms with Gasteiger partial charge in [0.15, 0.2) is 0 Å². The summed E-state index contributed by atoms with van der Waals surface area (Å²) in [4.78, 5) is 15.1. The van der Waals surface area contributed by atoms with E-state index >= 15 is 0 Å². The molecule has 0 saturated heterocycles. The second kappa shape index (κ2) is 5.28. The highest BCUT2D eigenvalue weighted by molar-refractivity contribution is 5.87. The Labute approximate surface area is 116 Å². The molecule has 20 heavy (non-hydrogen) atoms. The molecule has 1 aromatic carbocycles. The molecule has 0 unspecified atom stereocenters. The first-order valence-electron chi connectivity index (χ1n) is 6.72. The summed E-state index contributed by atoms with van der Waals surface area (Å²) in [6.07, 6.45) is 5.52. The van der Waals surface area contributed by atoms with Crippen molar-refractivity contribution in [2.75, 3.05) is 0 Å². The average Bonchev–Trinajstić information content (AvgIpc) is 3.07. The minimum atomic E-state index is 0.684. The highest BCUT2D eigenvalue weighted by Gasteiger charge is 2.07. The van der Waals surface area contributed by atoms with Crippen LogP contribution >= 0.6 is 0 Å². The van der Waals surface area contributed by atoms with Crippen molar-refractivity contribution >= 4 is 17.2 Å². The van der Waals surface area contributed by atoms with Crippen LogP contribution in [0.4, 0.5) is 0 Å². The predicted molar refractivity (Wildman–Crippen MR) is 76.7 cm³/mol. The zero-order valence-corrected chi connectivity index (χ0v) is 11.4. The highest BCUT2D eigenvalue weighted by atomic mass is 16.1. The van der Waals surface area contributed by atoms with Gasteiger partial charge >= 0.3 is 0 Å². The Morgan fingerprint density at radius 1 is 1.30 bits per heavy atom. The second-order valence-electron chi connectivity index (χ2n) is 4.78. The Morgan fingerprint density at radius 3 is 3.00 bits per heavy atom. The lowest BCUT2D eigenvalue weighted by atomic mass is 10.2. The van der Waals surface area contributed by atoms with Crippen LogP contribution in [0.1, 0.15) is 29.5 Å². The number of fused-ring (bicyclic) bond motifs is 1. The fourth-order valence-electron chi connectivity index (χ4n) is 2.39. The van der Waals surface area contributed by atoms with Crippen molar-refractivity contribution < 1.29 is 4.79 Å². The zero-order chi connectivity index (χ0) is 13.9. The number of carbonyl (C=O) groups excluding carboxylic acids is 1. The van der Waals surface area contributed by atoms with Gasteiger partial charge < -0.3 is 4.57 Å². The van der Waals surface area contributed by atoms with Crippen LogP contribution in [0.2, 0.25) is 0 Å². The lowest BCUT2D eigenvalue weighted by Gasteiger charge is -2.07. The van der Waals surface area contributed by atoms with Crippen LogP contribution in [-0.2, 0) is 13.1 Å². The molecular formula is C15H16N4O. The second-order valence-corrected chi connectivity index (χ2v) is 4.78. The van der Waals surface area contributed by atoms with Gasteiger partial charge in [-0.1, -0.05) is 6.92 Å². The molecule has 0 aliphatic carbocycles. The van der Waals surface area contributed by atoms with Gasteiger partial charge in [0.25, 0.3) is 0 Å². The molecule has 0 spiro atoms. The summed E-state index contributed by atoms with van der Waals surface area (Å²) in [6.45, 7) is 3.69. The number of hydrogen-bond donors (Lipinski definition) is 0. The molecule has 0 bridgehead atoms. The van der Waals surface area contributed by atoms with Crippen molar-refractivity contribution in [3.63, 3.8) is 0 Å². The molecule has 3 rings (SSSR count). The van der Waals surface area contributed by atoms with E-state index in [1.54, 1.807) is 6.33 Å². The molecule has 0 aliphatic rings. The molecule has 102 valence electrons. The van der Waals surface area contributed by atoms with E-state index in [0.717, 1.165) is 36.0 Å². The van der Waals surface area contributed by atoms with Gasteiger partial charge in [-0.3, -0.25) is 4.79 Å². The van der Waals surface area contributed by atoms with E-state index in [4.69, 9.17) is 0 Å². The van der Waals surface area contributed by atoms with Gasteiger partial charge in [-0.2, -0.15) is 5.10 Å². The number of aromatic nitrogens is 4. The Balaban J connectivity index is 1.94. The molecular weight excluding hydrogens is 252 g/mol. The van der Waals surface area contributed by atoms with Crippen molar-refractivity contribution in [3.05, 3.63) is 48.2 Å². The van der Waals surface area contributed by atoms with Gasteiger partial charge in [0, 0.05) is 29.2 Å². The van der Waals surface area contributed by atoms with E-state index in [-0.39, 0.29) is 0 Å². The van der Waals surface area contributed by atoms with Crippen LogP contribution in [0, 0.1) is 0 Å². The molecule has 0 fully saturated rings. The summed E-state index contributed by atoms with van der Waals surface area (Å²) in [5, 5.41) is 5.31. The first kappa shape index (κ1) is 12.6. The van der Waals surface area contributed by atoms with Crippen molar-refractivity contribution in [3.8, 4) is 0 Å². The summed E-state index contributed by atoms with van der Waals surface area (Å²) in [6, 6.07) is 7.72. The predicted octanol–water partition coefficient (Wildman–Crippen LogP) is 2.50. The van der Waals surface area contributed by atoms with E-state index in [1.165, 1.54) is 0 Å². The van der Waals surface area contributed by atoms with Crippen LogP contribution in [0.5, 0.6) is 0 Å². The Hall–Kier alpha value is -2.43. The third kappa shape index (κ3) is 2.22. The van der Waals surface area contributed by atoms with E-state index in [1.807, 2.05) is 35.1 Å². The van der Waals surface area contributed by atoms with Crippen molar-refractivity contribution in [1.29, 1.82) is 0 Å². The van der Waals surface area contributed by atoms with Gasteiger partial charge in [0.1, 0.15) is 18.4 Å². The first-order chi connectivity index (χ1) is 9.81. The Morgan fingerprint density at radius 2 is 2.20 bits per heavy atom. The third-order valence-electron chi connectivity index (χ3n) is 3.37. The van der Waals surface area contributed by atoms with Crippen LogP contribution in [0.15, 0.2) is 36.8 Å². The third-order valence-corrected chi connectivity index (χ3v) is 3.37. The van der Waals surface area contributed by atoms with Crippen molar-refractivity contribution in [2.45, 2.75) is 26.4 Å². The van der Waals surface area contributed by atoms with E-state index in [0.29, 0.717) is 12.1 Å². The fourth-order valence-corrected chi connectivity index (χ4v) is 2.39. The van der Waals surface area contributed by atoms with Crippen molar-refractivity contribution in [1.82, 2.24) is 19.3 Å². The minimum Gasteiger partial charge on any atom is -0.340 e. The monoisotopic (exact) mass is 268 g/mol. The topological polar surface area (TPSA) is 52.7 Å². The van der Waals surface area contributed by atoms with Gasteiger partial charge in [0.05, 0.1) is 6.54 Å². The number of aryl methyl sites for hydroxylation is 1. The Bertz CT molecular complexity index is 741. The molecule has 0 amide bonds. The van der Waals surface area contributed by atoms with Crippen molar-refractivity contribution in [2.24, 2.45) is 0 Å². The maximum atomic E-state index is 10.8. The normalized spacial score (nSPS) is 11.1. The largest absolute Gasteiger partial charge is 0.340 e. The summed E-state index contributed by atoms with van der Waals surface area (Å²) >= 11 is 0.